The van der Waals surface area contributed by atoms with Crippen molar-refractivity contribution in [3.63, 3.8) is 0 Å². The van der Waals surface area contributed by atoms with E-state index in [1.165, 1.54) is 14.0 Å². The number of aliphatic hydroxyl groups is 1. The molecule has 2 saturated heterocycles. The fraction of sp³-hybridized carbons (Fsp3) is 0.455. The molecule has 2 aliphatic heterocycles. The third-order valence-corrected chi connectivity index (χ3v) is 6.55. The lowest BCUT2D eigenvalue weighted by Gasteiger charge is -2.34. The molecule has 0 bridgehead atoms. The van der Waals surface area contributed by atoms with E-state index in [4.69, 9.17) is 11.6 Å². The Balaban J connectivity index is 1.72. The molecule has 2 atom stereocenters. The maximum absolute atomic E-state index is 14.6. The zero-order valence-electron chi connectivity index (χ0n) is 18.8. The van der Waals surface area contributed by atoms with Gasteiger partial charge in [-0.3, -0.25) is 9.69 Å². The number of alkyl halides is 3. The average molecular weight is 520 g/mol. The second kappa shape index (κ2) is 9.49. The molecule has 2 aliphatic rings. The molecule has 2 N–H and O–H groups in total. The van der Waals surface area contributed by atoms with Crippen molar-refractivity contribution in [3.8, 4) is 0 Å². The smallest absolute Gasteiger partial charge is 0.361 e. The minimum atomic E-state index is -4.67. The number of pyridine rings is 1. The first kappa shape index (κ1) is 25.5. The lowest BCUT2D eigenvalue weighted by molar-refractivity contribution is -0.137. The second-order valence-electron chi connectivity index (χ2n) is 8.69. The van der Waals surface area contributed by atoms with Crippen LogP contribution >= 0.6 is 11.6 Å². The molecule has 4 rings (SSSR count). The molecule has 190 valence electrons. The maximum Gasteiger partial charge on any atom is 0.416 e. The number of benzene rings is 1. The molecule has 13 heteroatoms. The van der Waals surface area contributed by atoms with Crippen LogP contribution in [0.2, 0.25) is 5.02 Å². The molecule has 0 spiro atoms. The first-order valence-electron chi connectivity index (χ1n) is 10.8. The van der Waals surface area contributed by atoms with Crippen LogP contribution in [0, 0.1) is 24.5 Å². The largest absolute Gasteiger partial charge is 0.416 e. The fourth-order valence-electron chi connectivity index (χ4n) is 4.26. The van der Waals surface area contributed by atoms with E-state index in [2.05, 4.69) is 10.3 Å². The standard InChI is InChI=1S/C22H23ClF5N5O2/c1-11-5-13(22(26,27)28)6-17(30-11)33-16(10-32(21(33)35)9-12-7-29-8-12)20(34)31(2)15-4-3-14(24)18(23)19(15)25/h3-6,12,16,21,29,35H,7-10H2,1-2H3/t16-,21?/m0/s1. The first-order chi connectivity index (χ1) is 16.4. The zero-order chi connectivity index (χ0) is 25.7. The number of likely N-dealkylation sites (N-methyl/N-ethyl adjacent to an activating group) is 1. The van der Waals surface area contributed by atoms with Crippen molar-refractivity contribution in [2.45, 2.75) is 25.5 Å². The van der Waals surface area contributed by atoms with Crippen LogP contribution in [-0.4, -0.2) is 66.5 Å². The Morgan fingerprint density at radius 1 is 1.29 bits per heavy atom. The Hall–Kier alpha value is -2.54. The monoisotopic (exact) mass is 519 g/mol. The van der Waals surface area contributed by atoms with Gasteiger partial charge >= 0.3 is 6.18 Å². The van der Waals surface area contributed by atoms with E-state index in [1.54, 1.807) is 4.90 Å². The molecule has 35 heavy (non-hydrogen) atoms. The van der Waals surface area contributed by atoms with Gasteiger partial charge in [-0.2, -0.15) is 13.2 Å². The topological polar surface area (TPSA) is 71.9 Å². The SMILES string of the molecule is Cc1cc(C(F)(F)F)cc(N2C(O)N(CC3CNC3)C[C@H]2C(=O)N(C)c2ccc(F)c(Cl)c2F)n1. The summed E-state index contributed by atoms with van der Waals surface area (Å²) in [7, 11) is 1.24. The van der Waals surface area contributed by atoms with Gasteiger partial charge in [0.25, 0.3) is 5.91 Å². The van der Waals surface area contributed by atoms with E-state index in [-0.39, 0.29) is 29.7 Å². The van der Waals surface area contributed by atoms with Gasteiger partial charge in [0.05, 0.1) is 11.3 Å². The van der Waals surface area contributed by atoms with Crippen molar-refractivity contribution in [1.82, 2.24) is 15.2 Å². The Bertz CT molecular complexity index is 1130. The van der Waals surface area contributed by atoms with E-state index in [0.717, 1.165) is 34.1 Å². The number of carbonyl (C=O) groups is 1. The van der Waals surface area contributed by atoms with Crippen LogP contribution < -0.4 is 15.1 Å². The lowest BCUT2D eigenvalue weighted by atomic mass is 10.0. The summed E-state index contributed by atoms with van der Waals surface area (Å²) in [4.78, 5) is 21.2. The summed E-state index contributed by atoms with van der Waals surface area (Å²) in [6, 6.07) is 2.36. The van der Waals surface area contributed by atoms with Crippen LogP contribution in [0.15, 0.2) is 24.3 Å². The van der Waals surface area contributed by atoms with Crippen molar-refractivity contribution in [2.24, 2.45) is 5.92 Å². The minimum Gasteiger partial charge on any atom is -0.361 e. The molecule has 1 aromatic heterocycles. The highest BCUT2D eigenvalue weighted by atomic mass is 35.5. The summed E-state index contributed by atoms with van der Waals surface area (Å²) in [6.45, 7) is 3.10. The van der Waals surface area contributed by atoms with Gasteiger partial charge in [-0.05, 0) is 37.1 Å². The number of rotatable bonds is 5. The van der Waals surface area contributed by atoms with Crippen LogP contribution in [0.1, 0.15) is 11.3 Å². The fourth-order valence-corrected chi connectivity index (χ4v) is 4.42. The molecule has 1 amide bonds. The van der Waals surface area contributed by atoms with E-state index < -0.39 is 46.7 Å². The summed E-state index contributed by atoms with van der Waals surface area (Å²) >= 11 is 5.65. The Labute approximate surface area is 203 Å². The van der Waals surface area contributed by atoms with Gasteiger partial charge in [-0.25, -0.2) is 13.8 Å². The van der Waals surface area contributed by atoms with Crippen molar-refractivity contribution < 1.29 is 31.9 Å². The molecular weight excluding hydrogens is 497 g/mol. The molecule has 7 nitrogen and oxygen atoms in total. The average Bonchev–Trinajstić information content (AvgIpc) is 3.08. The molecule has 0 saturated carbocycles. The lowest BCUT2D eigenvalue weighted by Crippen LogP contribution is -2.51. The van der Waals surface area contributed by atoms with Gasteiger partial charge in [0.1, 0.15) is 22.7 Å². The van der Waals surface area contributed by atoms with E-state index in [0.29, 0.717) is 19.6 Å². The second-order valence-corrected chi connectivity index (χ2v) is 9.07. The van der Waals surface area contributed by atoms with Crippen molar-refractivity contribution in [3.05, 3.63) is 52.2 Å². The third-order valence-electron chi connectivity index (χ3n) is 6.20. The van der Waals surface area contributed by atoms with Crippen LogP contribution in [-0.2, 0) is 11.0 Å². The van der Waals surface area contributed by atoms with Gasteiger partial charge in [-0.1, -0.05) is 11.6 Å². The van der Waals surface area contributed by atoms with Gasteiger partial charge in [0.2, 0.25) is 0 Å². The summed E-state index contributed by atoms with van der Waals surface area (Å²) in [6.07, 6.45) is -6.12. The molecule has 3 heterocycles. The summed E-state index contributed by atoms with van der Waals surface area (Å²) in [5.41, 5.74) is -1.25. The Morgan fingerprint density at radius 3 is 2.57 bits per heavy atom. The van der Waals surface area contributed by atoms with Crippen LogP contribution in [0.25, 0.3) is 0 Å². The quantitative estimate of drug-likeness (QED) is 0.467. The van der Waals surface area contributed by atoms with Crippen LogP contribution in [0.5, 0.6) is 0 Å². The summed E-state index contributed by atoms with van der Waals surface area (Å²) in [5, 5.41) is 13.4. The molecule has 0 aliphatic carbocycles. The van der Waals surface area contributed by atoms with E-state index in [1.807, 2.05) is 0 Å². The van der Waals surface area contributed by atoms with Crippen LogP contribution in [0.4, 0.5) is 33.5 Å². The highest BCUT2D eigenvalue weighted by Gasteiger charge is 2.46. The number of carbonyl (C=O) groups excluding carboxylic acids is 1. The van der Waals surface area contributed by atoms with E-state index in [9.17, 15) is 31.9 Å². The third kappa shape index (κ3) is 4.92. The number of anilines is 2. The molecule has 0 radical (unpaired) electrons. The number of hydrogen-bond donors (Lipinski definition) is 2. The van der Waals surface area contributed by atoms with E-state index >= 15 is 0 Å². The predicted molar refractivity (Wildman–Crippen MR) is 119 cm³/mol. The highest BCUT2D eigenvalue weighted by molar-refractivity contribution is 6.31. The van der Waals surface area contributed by atoms with Crippen molar-refractivity contribution in [1.29, 1.82) is 0 Å². The normalized spacial score (nSPS) is 21.3. The molecule has 2 fully saturated rings. The Morgan fingerprint density at radius 2 is 1.97 bits per heavy atom. The molecule has 1 unspecified atom stereocenters. The number of nitrogens with zero attached hydrogens (tertiary/aromatic N) is 4. The number of hydrogen-bond acceptors (Lipinski definition) is 6. The summed E-state index contributed by atoms with van der Waals surface area (Å²) < 4.78 is 68.6. The number of aromatic nitrogens is 1. The van der Waals surface area contributed by atoms with Crippen molar-refractivity contribution in [2.75, 3.05) is 43.0 Å². The highest BCUT2D eigenvalue weighted by Crippen LogP contribution is 2.35. The number of aliphatic hydroxyl groups excluding tert-OH is 1. The predicted octanol–water partition coefficient (Wildman–Crippen LogP) is 2.99. The van der Waals surface area contributed by atoms with Gasteiger partial charge in [-0.15, -0.1) is 0 Å². The molecular formula is C22H23ClF5N5O2. The number of halogens is 6. The first-order valence-corrected chi connectivity index (χ1v) is 11.1. The summed E-state index contributed by atoms with van der Waals surface area (Å²) in [5.74, 6) is -2.96. The molecule has 1 aromatic carbocycles. The number of nitrogens with one attached hydrogen (secondary N) is 1. The van der Waals surface area contributed by atoms with Gasteiger partial charge in [0.15, 0.2) is 12.2 Å². The van der Waals surface area contributed by atoms with Gasteiger partial charge in [0, 0.05) is 38.9 Å². The maximum atomic E-state index is 14.6. The van der Waals surface area contributed by atoms with Crippen LogP contribution in [0.3, 0.4) is 0 Å². The van der Waals surface area contributed by atoms with Crippen molar-refractivity contribution >= 4 is 29.0 Å². The zero-order valence-corrected chi connectivity index (χ0v) is 19.5. The molecule has 2 aromatic rings. The number of amides is 1. The number of aryl methyl sites for hydroxylation is 1. The minimum absolute atomic E-state index is 0.0413. The Kier molecular flexibility index (Phi) is 6.93. The van der Waals surface area contributed by atoms with Gasteiger partial charge < -0.3 is 20.2 Å².